The quantitative estimate of drug-likeness (QED) is 0.153. The van der Waals surface area contributed by atoms with E-state index >= 15 is 0 Å². The van der Waals surface area contributed by atoms with Gasteiger partial charge in [-0.05, 0) is 129 Å². The minimum atomic E-state index is -1.46. The first-order chi connectivity index (χ1) is 25.2. The first-order valence-corrected chi connectivity index (χ1v) is 19.1. The summed E-state index contributed by atoms with van der Waals surface area (Å²) in [6.07, 6.45) is 8.43. The van der Waals surface area contributed by atoms with Gasteiger partial charge in [-0.15, -0.1) is 0 Å². The molecule has 4 heterocycles. The molecule has 0 radical (unpaired) electrons. The van der Waals surface area contributed by atoms with Gasteiger partial charge >= 0.3 is 6.16 Å². The van der Waals surface area contributed by atoms with Gasteiger partial charge in [0.05, 0.1) is 10.2 Å². The Hall–Kier alpha value is -5.21. The van der Waals surface area contributed by atoms with Crippen molar-refractivity contribution in [3.05, 3.63) is 88.7 Å². The number of ether oxygens (including phenoxy) is 1. The molecule has 2 N–H and O–H groups in total. The number of carbonyl (C=O) groups excluding carboxylic acids is 1. The van der Waals surface area contributed by atoms with Gasteiger partial charge in [-0.2, -0.15) is 10.2 Å². The van der Waals surface area contributed by atoms with E-state index in [0.29, 0.717) is 52.7 Å². The van der Waals surface area contributed by atoms with Gasteiger partial charge in [-0.1, -0.05) is 35.6 Å². The van der Waals surface area contributed by atoms with Crippen LogP contribution >= 0.6 is 11.3 Å². The van der Waals surface area contributed by atoms with Crippen LogP contribution in [0.15, 0.2) is 60.7 Å². The van der Waals surface area contributed by atoms with Crippen LogP contribution in [0.25, 0.3) is 21.3 Å². The van der Waals surface area contributed by atoms with Gasteiger partial charge < -0.3 is 19.3 Å². The van der Waals surface area contributed by atoms with Crippen molar-refractivity contribution in [3.8, 4) is 23.1 Å². The monoisotopic (exact) mass is 712 g/mol. The zero-order chi connectivity index (χ0) is 35.6. The molecule has 10 rings (SSSR count). The smallest absolute Gasteiger partial charge is 0.449 e. The summed E-state index contributed by atoms with van der Waals surface area (Å²) in [5.74, 6) is 2.89. The van der Waals surface area contributed by atoms with Crippen molar-refractivity contribution in [3.63, 3.8) is 0 Å². The maximum Gasteiger partial charge on any atom is 0.512 e. The fourth-order valence-corrected chi connectivity index (χ4v) is 11.2. The van der Waals surface area contributed by atoms with E-state index in [9.17, 15) is 20.0 Å². The molecule has 52 heavy (non-hydrogen) atoms. The molecule has 2 aromatic carbocycles. The fraction of sp³-hybridized carbons (Fsp3) is 0.390. The standard InChI is InChI=1S/C41H40N6O4S/c1-24-32(18-29(22-42)47(24)14-12-41-19-25-15-26(20-41)17-27(16-25)21-41)31-9-10-36(44-38(31)51-40(49)50)46-13-11-28-5-4-6-30(33(28)23-46)37(48)45-39-43-34-7-2-3-8-35(34)52-39/h2-10,18,25-27H,11-17,19-21,23H2,1H3,(H,49,50)(H,43,45,48). The molecule has 0 unspecified atom stereocenters. The number of aromatic nitrogens is 3. The van der Waals surface area contributed by atoms with Crippen LogP contribution in [-0.2, 0) is 19.5 Å². The Morgan fingerprint density at radius 1 is 1.02 bits per heavy atom. The third-order valence-corrected chi connectivity index (χ3v) is 13.1. The number of nitriles is 1. The van der Waals surface area contributed by atoms with Gasteiger partial charge in [0.2, 0.25) is 5.88 Å². The normalized spacial score (nSPS) is 23.0. The Morgan fingerprint density at radius 3 is 2.52 bits per heavy atom. The van der Waals surface area contributed by atoms with Crippen LogP contribution < -0.4 is 15.0 Å². The lowest BCUT2D eigenvalue weighted by atomic mass is 9.49. The Labute approximate surface area is 306 Å². The Balaban J connectivity index is 0.977. The molecule has 4 fully saturated rings. The molecule has 4 aliphatic carbocycles. The number of nitrogens with zero attached hydrogens (tertiary/aromatic N) is 5. The maximum absolute atomic E-state index is 13.6. The zero-order valence-electron chi connectivity index (χ0n) is 29.1. The van der Waals surface area contributed by atoms with Crippen molar-refractivity contribution in [1.29, 1.82) is 5.26 Å². The zero-order valence-corrected chi connectivity index (χ0v) is 29.9. The van der Waals surface area contributed by atoms with Crippen LogP contribution in [0.2, 0.25) is 0 Å². The van der Waals surface area contributed by atoms with E-state index in [4.69, 9.17) is 9.72 Å². The molecule has 0 spiro atoms. The van der Waals surface area contributed by atoms with Crippen LogP contribution in [-0.4, -0.2) is 38.2 Å². The van der Waals surface area contributed by atoms with Crippen molar-refractivity contribution in [2.45, 2.75) is 71.4 Å². The number of anilines is 2. The topological polar surface area (TPSA) is 133 Å². The van der Waals surface area contributed by atoms with E-state index < -0.39 is 6.16 Å². The van der Waals surface area contributed by atoms with Crippen molar-refractivity contribution in [1.82, 2.24) is 14.5 Å². The summed E-state index contributed by atoms with van der Waals surface area (Å²) in [6.45, 7) is 3.81. The SMILES string of the molecule is Cc1c(-c2ccc(N3CCc4cccc(C(=O)Nc5nc6ccccc6s5)c4C3)nc2OC(=O)O)cc(C#N)n1CCC12CC3CC(CC(C3)C1)C2. The number of benzene rings is 2. The van der Waals surface area contributed by atoms with Crippen LogP contribution in [0.3, 0.4) is 0 Å². The molecule has 4 bridgehead atoms. The maximum atomic E-state index is 13.6. The number of carbonyl (C=O) groups is 2. The Bertz CT molecular complexity index is 2220. The molecule has 264 valence electrons. The summed E-state index contributed by atoms with van der Waals surface area (Å²) in [6, 6.07) is 21.5. The lowest BCUT2D eigenvalue weighted by Gasteiger charge is -2.57. The summed E-state index contributed by atoms with van der Waals surface area (Å²) >= 11 is 1.43. The van der Waals surface area contributed by atoms with Crippen LogP contribution in [0.1, 0.15) is 77.8 Å². The van der Waals surface area contributed by atoms with E-state index in [0.717, 1.165) is 63.3 Å². The second-order valence-electron chi connectivity index (χ2n) is 15.4. The highest BCUT2D eigenvalue weighted by Crippen LogP contribution is 2.61. The Morgan fingerprint density at radius 2 is 1.79 bits per heavy atom. The highest BCUT2D eigenvalue weighted by Gasteiger charge is 2.50. The molecule has 5 aliphatic rings. The van der Waals surface area contributed by atoms with Crippen LogP contribution in [0.5, 0.6) is 5.88 Å². The van der Waals surface area contributed by atoms with Gasteiger partial charge in [-0.25, -0.2) is 9.78 Å². The van der Waals surface area contributed by atoms with Crippen LogP contribution in [0, 0.1) is 41.4 Å². The summed E-state index contributed by atoms with van der Waals surface area (Å²) in [5, 5.41) is 23.5. The Kier molecular flexibility index (Phi) is 8.03. The number of nitrogens with one attached hydrogen (secondary N) is 1. The third kappa shape index (κ3) is 5.89. The molecule has 1 amide bonds. The fourth-order valence-electron chi connectivity index (χ4n) is 10.3. The second kappa shape index (κ2) is 12.8. The van der Waals surface area contributed by atoms with E-state index in [-0.39, 0.29) is 11.8 Å². The van der Waals surface area contributed by atoms with E-state index in [1.807, 2.05) is 72.5 Å². The predicted octanol–water partition coefficient (Wildman–Crippen LogP) is 8.82. The van der Waals surface area contributed by atoms with Gasteiger partial charge in [0, 0.05) is 42.0 Å². The average Bonchev–Trinajstić information content (AvgIpc) is 3.68. The van der Waals surface area contributed by atoms with Crippen molar-refractivity contribution in [2.24, 2.45) is 23.2 Å². The molecule has 10 nitrogen and oxygen atoms in total. The molecular formula is C41H40N6O4S. The highest BCUT2D eigenvalue weighted by atomic mass is 32.1. The first-order valence-electron chi connectivity index (χ1n) is 18.3. The van der Waals surface area contributed by atoms with E-state index in [1.165, 1.54) is 49.9 Å². The largest absolute Gasteiger partial charge is 0.512 e. The van der Waals surface area contributed by atoms with Crippen molar-refractivity contribution >= 4 is 44.6 Å². The minimum Gasteiger partial charge on any atom is -0.449 e. The summed E-state index contributed by atoms with van der Waals surface area (Å²) in [5.41, 5.74) is 6.50. The summed E-state index contributed by atoms with van der Waals surface area (Å²) < 4.78 is 8.44. The highest BCUT2D eigenvalue weighted by molar-refractivity contribution is 7.22. The summed E-state index contributed by atoms with van der Waals surface area (Å²) in [4.78, 5) is 36.9. The van der Waals surface area contributed by atoms with Gasteiger partial charge in [0.15, 0.2) is 5.13 Å². The van der Waals surface area contributed by atoms with Crippen LogP contribution in [0.4, 0.5) is 15.7 Å². The summed E-state index contributed by atoms with van der Waals surface area (Å²) in [7, 11) is 0. The number of rotatable bonds is 8. The number of pyridine rings is 1. The number of amides is 1. The number of hydrogen-bond donors (Lipinski definition) is 2. The van der Waals surface area contributed by atoms with Crippen molar-refractivity contribution < 1.29 is 19.4 Å². The molecule has 5 aromatic rings. The van der Waals surface area contributed by atoms with Gasteiger partial charge in [-0.3, -0.25) is 10.1 Å². The molecule has 4 saturated carbocycles. The third-order valence-electron chi connectivity index (χ3n) is 12.2. The second-order valence-corrected chi connectivity index (χ2v) is 16.4. The lowest BCUT2D eigenvalue weighted by molar-refractivity contribution is -0.0592. The number of para-hydroxylation sites is 1. The number of fused-ring (bicyclic) bond motifs is 2. The number of carboxylic acid groups (broad SMARTS) is 1. The molecule has 3 aromatic heterocycles. The predicted molar refractivity (Wildman–Crippen MR) is 200 cm³/mol. The molecule has 1 aliphatic heterocycles. The van der Waals surface area contributed by atoms with Gasteiger partial charge in [0.1, 0.15) is 17.6 Å². The minimum absolute atomic E-state index is 0.0246. The average molecular weight is 713 g/mol. The molecule has 11 heteroatoms. The molecule has 0 saturated heterocycles. The van der Waals surface area contributed by atoms with Crippen molar-refractivity contribution in [2.75, 3.05) is 16.8 Å². The molecular weight excluding hydrogens is 673 g/mol. The number of thiazole rings is 1. The first kappa shape index (κ1) is 32.7. The number of hydrogen-bond acceptors (Lipinski definition) is 8. The van der Waals surface area contributed by atoms with E-state index in [2.05, 4.69) is 20.9 Å². The van der Waals surface area contributed by atoms with Gasteiger partial charge in [0.25, 0.3) is 5.91 Å². The molecule has 0 atom stereocenters. The lowest BCUT2D eigenvalue weighted by Crippen LogP contribution is -2.46. The van der Waals surface area contributed by atoms with E-state index in [1.54, 1.807) is 0 Å².